The van der Waals surface area contributed by atoms with Crippen LogP contribution in [0.15, 0.2) is 17.3 Å². The van der Waals surface area contributed by atoms with E-state index in [9.17, 15) is 8.42 Å². The van der Waals surface area contributed by atoms with Crippen molar-refractivity contribution in [2.45, 2.75) is 64.1 Å². The van der Waals surface area contributed by atoms with Crippen molar-refractivity contribution in [1.82, 2.24) is 19.8 Å². The van der Waals surface area contributed by atoms with Gasteiger partial charge in [0, 0.05) is 24.8 Å². The van der Waals surface area contributed by atoms with Crippen molar-refractivity contribution >= 4 is 10.0 Å². The van der Waals surface area contributed by atoms with E-state index in [1.54, 1.807) is 10.9 Å². The summed E-state index contributed by atoms with van der Waals surface area (Å²) >= 11 is 0. The van der Waals surface area contributed by atoms with E-state index in [1.165, 1.54) is 6.20 Å². The average molecular weight is 314 g/mol. The molecule has 1 heterocycles. The van der Waals surface area contributed by atoms with Crippen molar-refractivity contribution in [3.05, 3.63) is 12.4 Å². The molecule has 0 amide bonds. The Bertz CT molecular complexity index is 578. The maximum absolute atomic E-state index is 12.2. The van der Waals surface area contributed by atoms with Gasteiger partial charge in [-0.05, 0) is 24.8 Å². The standard InChI is InChI=1S/C14H26N4O2S/c1-11(2)15-6-5-7-18-10-12(9-16-18)21(19,20)17-13-8-14(13,3)4/h9-11,13,15,17H,5-8H2,1-4H3. The number of hydrogen-bond acceptors (Lipinski definition) is 4. The van der Waals surface area contributed by atoms with Crippen LogP contribution in [-0.4, -0.2) is 36.8 Å². The molecule has 1 aliphatic rings. The zero-order valence-corrected chi connectivity index (χ0v) is 14.1. The summed E-state index contributed by atoms with van der Waals surface area (Å²) in [5, 5.41) is 7.46. The summed E-state index contributed by atoms with van der Waals surface area (Å²) in [6, 6.07) is 0.505. The topological polar surface area (TPSA) is 76.0 Å². The quantitative estimate of drug-likeness (QED) is 0.710. The van der Waals surface area contributed by atoms with E-state index in [4.69, 9.17) is 0 Å². The molecule has 1 aliphatic carbocycles. The summed E-state index contributed by atoms with van der Waals surface area (Å²) in [5.41, 5.74) is 0.0750. The van der Waals surface area contributed by atoms with Crippen molar-refractivity contribution in [1.29, 1.82) is 0 Å². The summed E-state index contributed by atoms with van der Waals surface area (Å²) in [6.07, 6.45) is 4.84. The molecule has 120 valence electrons. The SMILES string of the molecule is CC(C)NCCCn1cc(S(=O)(=O)NC2CC2(C)C)cn1. The highest BCUT2D eigenvalue weighted by Gasteiger charge is 2.48. The highest BCUT2D eigenvalue weighted by Crippen LogP contribution is 2.45. The Labute approximate surface area is 127 Å². The van der Waals surface area contributed by atoms with Crippen LogP contribution < -0.4 is 10.0 Å². The predicted octanol–water partition coefficient (Wildman–Crippen LogP) is 1.35. The summed E-state index contributed by atoms with van der Waals surface area (Å²) in [6.45, 7) is 9.93. The van der Waals surface area contributed by atoms with Gasteiger partial charge in [-0.25, -0.2) is 13.1 Å². The highest BCUT2D eigenvalue weighted by atomic mass is 32.2. The lowest BCUT2D eigenvalue weighted by Gasteiger charge is -2.07. The van der Waals surface area contributed by atoms with E-state index in [-0.39, 0.29) is 16.4 Å². The minimum absolute atomic E-state index is 0.0427. The molecular formula is C14H26N4O2S. The van der Waals surface area contributed by atoms with Gasteiger partial charge in [0.25, 0.3) is 0 Å². The van der Waals surface area contributed by atoms with Gasteiger partial charge in [-0.3, -0.25) is 4.68 Å². The molecule has 2 N–H and O–H groups in total. The molecule has 21 heavy (non-hydrogen) atoms. The maximum atomic E-state index is 12.2. The van der Waals surface area contributed by atoms with Crippen molar-refractivity contribution in [2.24, 2.45) is 5.41 Å². The van der Waals surface area contributed by atoms with Crippen LogP contribution in [0.3, 0.4) is 0 Å². The van der Waals surface area contributed by atoms with E-state index in [0.29, 0.717) is 12.6 Å². The second-order valence-corrected chi connectivity index (χ2v) is 8.48. The summed E-state index contributed by atoms with van der Waals surface area (Å²) in [7, 11) is -3.44. The molecular weight excluding hydrogens is 288 g/mol. The van der Waals surface area contributed by atoms with Gasteiger partial charge in [0.05, 0.1) is 6.20 Å². The fourth-order valence-corrected chi connectivity index (χ4v) is 3.52. The monoisotopic (exact) mass is 314 g/mol. The normalized spacial score (nSPS) is 20.9. The smallest absolute Gasteiger partial charge is 0.243 e. The Hall–Kier alpha value is -0.920. The van der Waals surface area contributed by atoms with Crippen LogP contribution in [-0.2, 0) is 16.6 Å². The van der Waals surface area contributed by atoms with Gasteiger partial charge in [-0.1, -0.05) is 27.7 Å². The number of nitrogens with zero attached hydrogens (tertiary/aromatic N) is 2. The van der Waals surface area contributed by atoms with E-state index >= 15 is 0 Å². The van der Waals surface area contributed by atoms with Crippen LogP contribution in [0.1, 0.15) is 40.5 Å². The van der Waals surface area contributed by atoms with E-state index in [0.717, 1.165) is 19.4 Å². The molecule has 1 fully saturated rings. The Morgan fingerprint density at radius 1 is 1.48 bits per heavy atom. The molecule has 0 bridgehead atoms. The second kappa shape index (κ2) is 6.06. The number of nitrogens with one attached hydrogen (secondary N) is 2. The van der Waals surface area contributed by atoms with Gasteiger partial charge in [0.2, 0.25) is 10.0 Å². The van der Waals surface area contributed by atoms with E-state index in [1.807, 2.05) is 0 Å². The number of sulfonamides is 1. The lowest BCUT2D eigenvalue weighted by atomic mass is 10.2. The second-order valence-electron chi connectivity index (χ2n) is 6.77. The third-order valence-electron chi connectivity index (χ3n) is 3.85. The molecule has 0 spiro atoms. The molecule has 6 nitrogen and oxygen atoms in total. The molecule has 1 aromatic heterocycles. The Balaban J connectivity index is 1.87. The van der Waals surface area contributed by atoms with Crippen molar-refractivity contribution < 1.29 is 8.42 Å². The van der Waals surface area contributed by atoms with Crippen LogP contribution in [0.4, 0.5) is 0 Å². The molecule has 1 saturated carbocycles. The van der Waals surface area contributed by atoms with Gasteiger partial charge < -0.3 is 5.32 Å². The van der Waals surface area contributed by atoms with Gasteiger partial charge in [0.15, 0.2) is 0 Å². The third-order valence-corrected chi connectivity index (χ3v) is 5.27. The predicted molar refractivity (Wildman–Crippen MR) is 82.5 cm³/mol. The molecule has 1 atom stereocenters. The Morgan fingerprint density at radius 3 is 2.71 bits per heavy atom. The van der Waals surface area contributed by atoms with Crippen molar-refractivity contribution in [3.63, 3.8) is 0 Å². The van der Waals surface area contributed by atoms with Crippen LogP contribution in [0.5, 0.6) is 0 Å². The molecule has 1 aromatic rings. The zero-order chi connectivity index (χ0) is 15.7. The minimum atomic E-state index is -3.44. The fourth-order valence-electron chi connectivity index (χ4n) is 2.16. The number of hydrogen-bond donors (Lipinski definition) is 2. The molecule has 0 saturated heterocycles. The first kappa shape index (κ1) is 16.5. The van der Waals surface area contributed by atoms with Crippen LogP contribution >= 0.6 is 0 Å². The maximum Gasteiger partial charge on any atom is 0.243 e. The first-order valence-electron chi connectivity index (χ1n) is 7.49. The zero-order valence-electron chi connectivity index (χ0n) is 13.3. The van der Waals surface area contributed by atoms with Crippen molar-refractivity contribution in [2.75, 3.05) is 6.54 Å². The van der Waals surface area contributed by atoms with Gasteiger partial charge in [0.1, 0.15) is 4.90 Å². The van der Waals surface area contributed by atoms with Crippen LogP contribution in [0.2, 0.25) is 0 Å². The molecule has 0 aromatic carbocycles. The van der Waals surface area contributed by atoms with E-state index in [2.05, 4.69) is 42.8 Å². The third kappa shape index (κ3) is 4.52. The minimum Gasteiger partial charge on any atom is -0.314 e. The lowest BCUT2D eigenvalue weighted by Crippen LogP contribution is -2.28. The molecule has 2 rings (SSSR count). The van der Waals surface area contributed by atoms with Gasteiger partial charge >= 0.3 is 0 Å². The molecule has 0 aliphatic heterocycles. The number of aryl methyl sites for hydroxylation is 1. The van der Waals surface area contributed by atoms with Crippen LogP contribution in [0.25, 0.3) is 0 Å². The fraction of sp³-hybridized carbons (Fsp3) is 0.786. The molecule has 0 radical (unpaired) electrons. The van der Waals surface area contributed by atoms with Crippen LogP contribution in [0, 0.1) is 5.41 Å². The Morgan fingerprint density at radius 2 is 2.14 bits per heavy atom. The Kier molecular flexibility index (Phi) is 4.75. The summed E-state index contributed by atoms with van der Waals surface area (Å²) in [4.78, 5) is 0.252. The van der Waals surface area contributed by atoms with E-state index < -0.39 is 10.0 Å². The molecule has 7 heteroatoms. The summed E-state index contributed by atoms with van der Waals surface area (Å²) < 4.78 is 28.9. The highest BCUT2D eigenvalue weighted by molar-refractivity contribution is 7.89. The van der Waals surface area contributed by atoms with Crippen molar-refractivity contribution in [3.8, 4) is 0 Å². The summed E-state index contributed by atoms with van der Waals surface area (Å²) in [5.74, 6) is 0. The number of aromatic nitrogens is 2. The first-order valence-corrected chi connectivity index (χ1v) is 8.97. The van der Waals surface area contributed by atoms with Gasteiger partial charge in [-0.2, -0.15) is 5.10 Å². The first-order chi connectivity index (χ1) is 9.71. The number of rotatable bonds is 8. The largest absolute Gasteiger partial charge is 0.314 e. The average Bonchev–Trinajstić information content (AvgIpc) is 2.79. The molecule has 1 unspecified atom stereocenters. The lowest BCUT2D eigenvalue weighted by molar-refractivity contribution is 0.513. The van der Waals surface area contributed by atoms with Gasteiger partial charge in [-0.15, -0.1) is 0 Å².